The molecule has 2 atom stereocenters. The fourth-order valence-corrected chi connectivity index (χ4v) is 5.10. The van der Waals surface area contributed by atoms with Gasteiger partial charge in [0.05, 0.1) is 0 Å². The van der Waals surface area contributed by atoms with Crippen molar-refractivity contribution in [3.05, 3.63) is 80.2 Å². The smallest absolute Gasteiger partial charge is 0.00494 e. The number of aryl methyl sites for hydroxylation is 3. The minimum Gasteiger partial charge on any atom is -0.0908 e. The van der Waals surface area contributed by atoms with Crippen LogP contribution in [0.4, 0.5) is 0 Å². The molecule has 4 rings (SSSR count). The molecule has 0 heteroatoms. The molecule has 1 aliphatic rings. The molecule has 3 aromatic rings. The first-order valence-electron chi connectivity index (χ1n) is 10.7. The fraction of sp³-hybridized carbons (Fsp3) is 0.357. The fourth-order valence-electron chi connectivity index (χ4n) is 5.10. The summed E-state index contributed by atoms with van der Waals surface area (Å²) in [6.45, 7) is 22.0. The van der Waals surface area contributed by atoms with Crippen LogP contribution >= 0.6 is 0 Å². The standard InChI is InChI=1S/C26H28.C2H6/c1-7-20-25(23-13-16(3)15(2)12-17(23)4)14-24-18(5)21-10-8-9-11-22(21)19(6)26(20)24;1-2/h8-13,20,25H,5-7,14H2,1-4H3;1-2H3. The van der Waals surface area contributed by atoms with Crippen LogP contribution in [0.25, 0.3) is 23.9 Å². The van der Waals surface area contributed by atoms with Crippen molar-refractivity contribution in [1.29, 1.82) is 0 Å². The van der Waals surface area contributed by atoms with Crippen LogP contribution in [0.3, 0.4) is 0 Å². The van der Waals surface area contributed by atoms with Crippen LogP contribution in [0.15, 0.2) is 36.4 Å². The van der Waals surface area contributed by atoms with E-state index in [1.165, 1.54) is 54.6 Å². The Labute approximate surface area is 170 Å². The van der Waals surface area contributed by atoms with Gasteiger partial charge in [-0.05, 0) is 100 Å². The average Bonchev–Trinajstić information content (AvgIpc) is 3.10. The highest BCUT2D eigenvalue weighted by atomic mass is 14.4. The van der Waals surface area contributed by atoms with Gasteiger partial charge in [-0.3, -0.25) is 0 Å². The van der Waals surface area contributed by atoms with Crippen molar-refractivity contribution < 1.29 is 0 Å². The van der Waals surface area contributed by atoms with Crippen LogP contribution in [0.1, 0.15) is 72.4 Å². The number of fused-ring (bicyclic) bond motifs is 2. The lowest BCUT2D eigenvalue weighted by atomic mass is 9.81. The maximum Gasteiger partial charge on any atom is -0.00494 e. The zero-order valence-corrected chi connectivity index (χ0v) is 18.4. The van der Waals surface area contributed by atoms with Crippen molar-refractivity contribution in [2.45, 2.75) is 66.2 Å². The van der Waals surface area contributed by atoms with E-state index in [0.717, 1.165) is 12.8 Å². The molecule has 0 nitrogen and oxygen atoms in total. The molecule has 0 saturated heterocycles. The van der Waals surface area contributed by atoms with Crippen molar-refractivity contribution in [1.82, 2.24) is 0 Å². The zero-order chi connectivity index (χ0) is 20.6. The molecular weight excluding hydrogens is 336 g/mol. The van der Waals surface area contributed by atoms with E-state index >= 15 is 0 Å². The Morgan fingerprint density at radius 2 is 1.43 bits per heavy atom. The van der Waals surface area contributed by atoms with Gasteiger partial charge in [-0.25, -0.2) is 0 Å². The second-order valence-corrected chi connectivity index (χ2v) is 8.01. The van der Waals surface area contributed by atoms with Crippen molar-refractivity contribution in [3.63, 3.8) is 0 Å². The molecule has 0 bridgehead atoms. The van der Waals surface area contributed by atoms with E-state index in [1.54, 1.807) is 0 Å². The largest absolute Gasteiger partial charge is 0.0908 e. The molecule has 0 aliphatic heterocycles. The van der Waals surface area contributed by atoms with Crippen molar-refractivity contribution in [2.75, 3.05) is 0 Å². The zero-order valence-electron chi connectivity index (χ0n) is 18.4. The van der Waals surface area contributed by atoms with Gasteiger partial charge in [0.2, 0.25) is 0 Å². The van der Waals surface area contributed by atoms with E-state index in [0.29, 0.717) is 11.8 Å². The van der Waals surface area contributed by atoms with E-state index in [4.69, 9.17) is 0 Å². The van der Waals surface area contributed by atoms with Gasteiger partial charge in [-0.1, -0.05) is 70.3 Å². The van der Waals surface area contributed by atoms with Gasteiger partial charge in [0.15, 0.2) is 0 Å². The van der Waals surface area contributed by atoms with Crippen molar-refractivity contribution >= 4 is 23.9 Å². The van der Waals surface area contributed by atoms with Crippen LogP contribution in [0, 0.1) is 20.8 Å². The van der Waals surface area contributed by atoms with Gasteiger partial charge in [-0.15, -0.1) is 0 Å². The predicted octanol–water partition coefficient (Wildman–Crippen LogP) is 6.45. The third-order valence-electron chi connectivity index (χ3n) is 6.59. The van der Waals surface area contributed by atoms with Crippen LogP contribution in [0.5, 0.6) is 0 Å². The number of benzene rings is 3. The summed E-state index contributed by atoms with van der Waals surface area (Å²) in [5.41, 5.74) is 8.63. The van der Waals surface area contributed by atoms with Crippen LogP contribution in [-0.4, -0.2) is 0 Å². The summed E-state index contributed by atoms with van der Waals surface area (Å²) in [5, 5.41) is 4.97. The molecule has 0 amide bonds. The van der Waals surface area contributed by atoms with Gasteiger partial charge in [-0.2, -0.15) is 0 Å². The Morgan fingerprint density at radius 1 is 0.857 bits per heavy atom. The second-order valence-electron chi connectivity index (χ2n) is 8.01. The van der Waals surface area contributed by atoms with Gasteiger partial charge in [0.25, 0.3) is 0 Å². The van der Waals surface area contributed by atoms with Gasteiger partial charge in [0.1, 0.15) is 0 Å². The molecule has 1 aliphatic carbocycles. The summed E-state index contributed by atoms with van der Waals surface area (Å²) in [6, 6.07) is 13.4. The molecule has 146 valence electrons. The molecule has 0 aromatic heterocycles. The Morgan fingerprint density at radius 3 is 2.04 bits per heavy atom. The summed E-state index contributed by atoms with van der Waals surface area (Å²) in [5.74, 6) is 1.07. The number of hydrogen-bond acceptors (Lipinski definition) is 0. The summed E-state index contributed by atoms with van der Waals surface area (Å²) in [6.07, 6.45) is 2.23. The maximum absolute atomic E-state index is 4.51. The van der Waals surface area contributed by atoms with Gasteiger partial charge < -0.3 is 0 Å². The van der Waals surface area contributed by atoms with Gasteiger partial charge in [0, 0.05) is 0 Å². The van der Waals surface area contributed by atoms with Crippen molar-refractivity contribution in [2.24, 2.45) is 0 Å². The van der Waals surface area contributed by atoms with Crippen LogP contribution in [-0.2, 0) is 6.42 Å². The third kappa shape index (κ3) is 3.09. The Kier molecular flexibility index (Phi) is 5.79. The highest BCUT2D eigenvalue weighted by molar-refractivity contribution is 5.86. The normalized spacial score (nSPS) is 17.9. The van der Waals surface area contributed by atoms with E-state index < -0.39 is 0 Å². The molecule has 3 aromatic carbocycles. The first kappa shape index (κ1) is 20.4. The van der Waals surface area contributed by atoms with Gasteiger partial charge >= 0.3 is 0 Å². The molecule has 28 heavy (non-hydrogen) atoms. The molecule has 0 N–H and O–H groups in total. The number of rotatable bonds is 2. The second kappa shape index (κ2) is 7.95. The minimum atomic E-state index is 0.531. The van der Waals surface area contributed by atoms with Crippen molar-refractivity contribution in [3.8, 4) is 0 Å². The summed E-state index contributed by atoms with van der Waals surface area (Å²) in [4.78, 5) is 0. The molecule has 0 radical (unpaired) electrons. The summed E-state index contributed by atoms with van der Waals surface area (Å²) >= 11 is 0. The van der Waals surface area contributed by atoms with E-state index in [2.05, 4.69) is 77.3 Å². The topological polar surface area (TPSA) is 0 Å². The first-order chi connectivity index (χ1) is 13.4. The lowest BCUT2D eigenvalue weighted by Crippen LogP contribution is -2.20. The molecular formula is C28H34. The number of hydrogen-bond donors (Lipinski definition) is 0. The molecule has 2 unspecified atom stereocenters. The van der Waals surface area contributed by atoms with Crippen LogP contribution in [0.2, 0.25) is 0 Å². The monoisotopic (exact) mass is 370 g/mol. The quantitative estimate of drug-likeness (QED) is 0.486. The third-order valence-corrected chi connectivity index (χ3v) is 6.59. The van der Waals surface area contributed by atoms with E-state index in [1.807, 2.05) is 13.8 Å². The Bertz CT molecular complexity index is 1120. The highest BCUT2D eigenvalue weighted by Crippen LogP contribution is 2.45. The van der Waals surface area contributed by atoms with E-state index in [-0.39, 0.29) is 0 Å². The summed E-state index contributed by atoms with van der Waals surface area (Å²) < 4.78 is 0. The first-order valence-corrected chi connectivity index (χ1v) is 10.7. The molecule has 0 heterocycles. The average molecular weight is 371 g/mol. The molecule has 0 saturated carbocycles. The Hall–Kier alpha value is -2.34. The molecule has 0 spiro atoms. The van der Waals surface area contributed by atoms with Crippen LogP contribution < -0.4 is 10.4 Å². The lowest BCUT2D eigenvalue weighted by molar-refractivity contribution is 0.561. The minimum absolute atomic E-state index is 0.531. The lowest BCUT2D eigenvalue weighted by Gasteiger charge is -2.23. The van der Waals surface area contributed by atoms with E-state index in [9.17, 15) is 0 Å². The Balaban J connectivity index is 0.00000109. The highest BCUT2D eigenvalue weighted by Gasteiger charge is 2.34. The summed E-state index contributed by atoms with van der Waals surface area (Å²) in [7, 11) is 0. The predicted molar refractivity (Wildman–Crippen MR) is 126 cm³/mol. The SMILES string of the molecule is C=c1c2c(c(=C)c3ccccc13)C(CC)C(c1cc(C)c(C)cc1C)C2.CC. The maximum atomic E-state index is 4.51. The molecule has 0 fully saturated rings.